The minimum Gasteiger partial charge on any atom is -0.496 e. The van der Waals surface area contributed by atoms with Crippen molar-refractivity contribution in [2.24, 2.45) is 0 Å². The fourth-order valence-corrected chi connectivity index (χ4v) is 3.73. The number of aromatic amines is 1. The Hall–Kier alpha value is -2.98. The predicted octanol–water partition coefficient (Wildman–Crippen LogP) is 3.75. The van der Waals surface area contributed by atoms with Gasteiger partial charge < -0.3 is 9.47 Å². The number of hydrogen-bond acceptors (Lipinski definition) is 7. The average Bonchev–Trinajstić information content (AvgIpc) is 3.29. The molecule has 10 heteroatoms. The van der Waals surface area contributed by atoms with Crippen molar-refractivity contribution in [3.05, 3.63) is 57.6 Å². The normalized spacial score (nSPS) is 10.6. The lowest BCUT2D eigenvalue weighted by Gasteiger charge is -2.12. The van der Waals surface area contributed by atoms with Crippen LogP contribution in [-0.2, 0) is 13.0 Å². The molecule has 0 spiro atoms. The molecule has 0 unspecified atom stereocenters. The van der Waals surface area contributed by atoms with Crippen LogP contribution in [0.2, 0.25) is 0 Å². The van der Waals surface area contributed by atoms with Gasteiger partial charge in [-0.15, -0.1) is 17.9 Å². The van der Waals surface area contributed by atoms with Crippen LogP contribution in [0.5, 0.6) is 11.5 Å². The molecule has 0 aliphatic rings. The zero-order valence-corrected chi connectivity index (χ0v) is 17.9. The van der Waals surface area contributed by atoms with Crippen LogP contribution in [0.15, 0.2) is 30.2 Å². The van der Waals surface area contributed by atoms with Crippen LogP contribution in [0.1, 0.15) is 27.4 Å². The second-order valence-corrected chi connectivity index (χ2v) is 7.37. The van der Waals surface area contributed by atoms with E-state index >= 15 is 0 Å². The molecule has 0 radical (unpaired) electrons. The summed E-state index contributed by atoms with van der Waals surface area (Å²) in [5, 5.41) is 12.2. The lowest BCUT2D eigenvalue weighted by molar-refractivity contribution is 0.102. The molecule has 8 nitrogen and oxygen atoms in total. The van der Waals surface area contributed by atoms with E-state index in [9.17, 15) is 4.79 Å². The molecule has 0 bridgehead atoms. The molecule has 3 aromatic rings. The third-order valence-corrected chi connectivity index (χ3v) is 5.39. The van der Waals surface area contributed by atoms with Gasteiger partial charge in [0.25, 0.3) is 5.91 Å². The summed E-state index contributed by atoms with van der Waals surface area (Å²) < 4.78 is 13.0. The third-order valence-electron chi connectivity index (χ3n) is 4.27. The number of aromatic nitrogens is 4. The molecule has 1 amide bonds. The summed E-state index contributed by atoms with van der Waals surface area (Å²) in [6, 6.07) is 3.35. The van der Waals surface area contributed by atoms with E-state index in [0.717, 1.165) is 17.1 Å². The lowest BCUT2D eigenvalue weighted by atomic mass is 10.1. The number of benzene rings is 1. The highest BCUT2D eigenvalue weighted by Gasteiger charge is 2.16. The smallest absolute Gasteiger partial charge is 0.257 e. The number of hydrogen-bond donors (Lipinski definition) is 2. The van der Waals surface area contributed by atoms with Crippen molar-refractivity contribution in [1.82, 2.24) is 19.7 Å². The first-order valence-electron chi connectivity index (χ1n) is 8.70. The zero-order chi connectivity index (χ0) is 21.0. The van der Waals surface area contributed by atoms with E-state index in [0.29, 0.717) is 39.9 Å². The fraction of sp³-hybridized carbons (Fsp3) is 0.263. The Kier molecular flexibility index (Phi) is 6.45. The topological polar surface area (TPSA) is 94.1 Å². The van der Waals surface area contributed by atoms with Gasteiger partial charge in [0.15, 0.2) is 9.90 Å². The van der Waals surface area contributed by atoms with E-state index < -0.39 is 0 Å². The molecule has 2 heterocycles. The number of rotatable bonds is 8. The van der Waals surface area contributed by atoms with Gasteiger partial charge in [-0.1, -0.05) is 6.08 Å². The number of H-pyrrole nitrogens is 1. The van der Waals surface area contributed by atoms with E-state index in [1.165, 1.54) is 11.3 Å². The third kappa shape index (κ3) is 4.54. The van der Waals surface area contributed by atoms with Gasteiger partial charge in [-0.05, 0) is 31.3 Å². The number of nitrogens with zero attached hydrogens (tertiary/aromatic N) is 3. The van der Waals surface area contributed by atoms with Crippen LogP contribution >= 0.6 is 23.6 Å². The quantitative estimate of drug-likeness (QED) is 0.417. The molecule has 2 aromatic heterocycles. The minimum atomic E-state index is -0.295. The number of thiazole rings is 1. The summed E-state index contributed by atoms with van der Waals surface area (Å²) in [5.41, 5.74) is 2.03. The van der Waals surface area contributed by atoms with Gasteiger partial charge in [0.1, 0.15) is 17.3 Å². The van der Waals surface area contributed by atoms with Crippen LogP contribution in [0.4, 0.5) is 5.13 Å². The SMILES string of the molecule is C=CCn1c(Cc2csc(NC(=O)c3cc(OC)c(C)c(OC)c3)n2)n[nH]c1=S. The highest BCUT2D eigenvalue weighted by molar-refractivity contribution is 7.71. The van der Waals surface area contributed by atoms with E-state index in [1.54, 1.807) is 32.4 Å². The number of methoxy groups -OCH3 is 2. The Bertz CT molecular complexity index is 1070. The monoisotopic (exact) mass is 431 g/mol. The Labute approximate surface area is 177 Å². The molecular weight excluding hydrogens is 410 g/mol. The summed E-state index contributed by atoms with van der Waals surface area (Å²) in [6.45, 7) is 6.17. The van der Waals surface area contributed by atoms with Crippen molar-refractivity contribution in [1.29, 1.82) is 0 Å². The van der Waals surface area contributed by atoms with E-state index in [1.807, 2.05) is 16.9 Å². The van der Waals surface area contributed by atoms with E-state index in [2.05, 4.69) is 27.1 Å². The van der Waals surface area contributed by atoms with Crippen molar-refractivity contribution in [2.45, 2.75) is 19.9 Å². The van der Waals surface area contributed by atoms with Gasteiger partial charge in [0.2, 0.25) is 0 Å². The molecular formula is C19H21N5O3S2. The summed E-state index contributed by atoms with van der Waals surface area (Å²) in [6.07, 6.45) is 2.24. The molecule has 0 aliphatic carbocycles. The first-order valence-corrected chi connectivity index (χ1v) is 9.99. The maximum absolute atomic E-state index is 12.7. The van der Waals surface area contributed by atoms with Gasteiger partial charge >= 0.3 is 0 Å². The van der Waals surface area contributed by atoms with Gasteiger partial charge in [0, 0.05) is 23.1 Å². The number of carbonyl (C=O) groups is 1. The average molecular weight is 432 g/mol. The number of amides is 1. The van der Waals surface area contributed by atoms with Crippen molar-refractivity contribution in [3.8, 4) is 11.5 Å². The molecule has 152 valence electrons. The Balaban J connectivity index is 1.76. The number of ether oxygens (including phenoxy) is 2. The lowest BCUT2D eigenvalue weighted by Crippen LogP contribution is -2.12. The van der Waals surface area contributed by atoms with Crippen molar-refractivity contribution in [2.75, 3.05) is 19.5 Å². The van der Waals surface area contributed by atoms with Crippen LogP contribution < -0.4 is 14.8 Å². The highest BCUT2D eigenvalue weighted by atomic mass is 32.1. The highest BCUT2D eigenvalue weighted by Crippen LogP contribution is 2.30. The summed E-state index contributed by atoms with van der Waals surface area (Å²) in [4.78, 5) is 17.2. The van der Waals surface area contributed by atoms with Crippen LogP contribution in [0, 0.1) is 11.7 Å². The number of allylic oxidation sites excluding steroid dienone is 1. The Morgan fingerprint density at radius 1 is 1.38 bits per heavy atom. The van der Waals surface area contributed by atoms with Crippen molar-refractivity contribution in [3.63, 3.8) is 0 Å². The van der Waals surface area contributed by atoms with E-state index in [4.69, 9.17) is 21.7 Å². The Morgan fingerprint density at radius 2 is 2.07 bits per heavy atom. The van der Waals surface area contributed by atoms with Crippen molar-refractivity contribution < 1.29 is 14.3 Å². The fourth-order valence-electron chi connectivity index (χ4n) is 2.80. The maximum atomic E-state index is 12.7. The molecule has 0 fully saturated rings. The summed E-state index contributed by atoms with van der Waals surface area (Å²) in [5.74, 6) is 1.63. The predicted molar refractivity (Wildman–Crippen MR) is 115 cm³/mol. The minimum absolute atomic E-state index is 0.295. The summed E-state index contributed by atoms with van der Waals surface area (Å²) in [7, 11) is 3.11. The first-order chi connectivity index (χ1) is 14.0. The molecule has 3 rings (SSSR count). The number of anilines is 1. The molecule has 0 atom stereocenters. The first kappa shape index (κ1) is 20.7. The van der Waals surface area contributed by atoms with Crippen LogP contribution in [0.3, 0.4) is 0 Å². The second-order valence-electron chi connectivity index (χ2n) is 6.12. The Morgan fingerprint density at radius 3 is 2.69 bits per heavy atom. The van der Waals surface area contributed by atoms with Gasteiger partial charge in [-0.3, -0.25) is 19.8 Å². The molecule has 0 aliphatic heterocycles. The number of nitrogens with one attached hydrogen (secondary N) is 2. The molecule has 29 heavy (non-hydrogen) atoms. The summed E-state index contributed by atoms with van der Waals surface area (Å²) >= 11 is 6.56. The number of carbonyl (C=O) groups excluding carboxylic acids is 1. The second kappa shape index (κ2) is 9.01. The maximum Gasteiger partial charge on any atom is 0.257 e. The molecule has 0 saturated carbocycles. The van der Waals surface area contributed by atoms with Gasteiger partial charge in [-0.2, -0.15) is 5.10 Å². The zero-order valence-electron chi connectivity index (χ0n) is 16.3. The van der Waals surface area contributed by atoms with Crippen LogP contribution in [-0.4, -0.2) is 39.9 Å². The molecule has 0 saturated heterocycles. The molecule has 1 aromatic carbocycles. The van der Waals surface area contributed by atoms with Crippen LogP contribution in [0.25, 0.3) is 0 Å². The largest absolute Gasteiger partial charge is 0.496 e. The van der Waals surface area contributed by atoms with Crippen molar-refractivity contribution >= 4 is 34.6 Å². The van der Waals surface area contributed by atoms with Gasteiger partial charge in [-0.25, -0.2) is 4.98 Å². The molecule has 2 N–H and O–H groups in total. The van der Waals surface area contributed by atoms with E-state index in [-0.39, 0.29) is 5.91 Å². The standard InChI is InChI=1S/C19H21N5O3S2/c1-5-6-24-16(22-23-19(24)28)9-13-10-29-18(20-13)21-17(25)12-7-14(26-3)11(2)15(8-12)27-4/h5,7-8,10H,1,6,9H2,2-4H3,(H,23,28)(H,20,21,25). The van der Waals surface area contributed by atoms with Gasteiger partial charge in [0.05, 0.1) is 26.3 Å².